The fraction of sp³-hybridized carbons (Fsp3) is 0.333. The van der Waals surface area contributed by atoms with Crippen LogP contribution in [0.1, 0.15) is 41.7 Å². The van der Waals surface area contributed by atoms with Crippen LogP contribution in [0.4, 0.5) is 0 Å². The summed E-state index contributed by atoms with van der Waals surface area (Å²) >= 11 is 6.10. The van der Waals surface area contributed by atoms with E-state index in [2.05, 4.69) is 5.32 Å². The molecule has 1 N–H and O–H groups in total. The van der Waals surface area contributed by atoms with E-state index in [0.717, 1.165) is 18.4 Å². The van der Waals surface area contributed by atoms with Gasteiger partial charge in [0.2, 0.25) is 0 Å². The van der Waals surface area contributed by atoms with Gasteiger partial charge in [-0.25, -0.2) is 4.79 Å². The number of methoxy groups -OCH3 is 2. The number of benzene rings is 2. The molecule has 0 heterocycles. The Kier molecular flexibility index (Phi) is 8.14. The molecule has 0 saturated heterocycles. The first-order valence-electron chi connectivity index (χ1n) is 8.93. The molecule has 6 nitrogen and oxygen atoms in total. The maximum Gasteiger partial charge on any atom is 0.338 e. The van der Waals surface area contributed by atoms with Crippen molar-refractivity contribution in [2.24, 2.45) is 0 Å². The number of nitrogens with one attached hydrogen (secondary N) is 1. The summed E-state index contributed by atoms with van der Waals surface area (Å²) in [5.41, 5.74) is 1.18. The van der Waals surface area contributed by atoms with Crippen LogP contribution in [0.3, 0.4) is 0 Å². The third-order valence-corrected chi connectivity index (χ3v) is 4.40. The van der Waals surface area contributed by atoms with Gasteiger partial charge in [0.05, 0.1) is 30.8 Å². The summed E-state index contributed by atoms with van der Waals surface area (Å²) < 4.78 is 15.4. The number of halogens is 1. The van der Waals surface area contributed by atoms with Crippen molar-refractivity contribution in [1.29, 1.82) is 0 Å². The normalized spacial score (nSPS) is 11.4. The van der Waals surface area contributed by atoms with Crippen molar-refractivity contribution in [2.75, 3.05) is 20.8 Å². The lowest BCUT2D eigenvalue weighted by Crippen LogP contribution is -2.32. The molecule has 150 valence electrons. The molecular formula is C21H24ClNO5. The highest BCUT2D eigenvalue weighted by Crippen LogP contribution is 2.36. The Balaban J connectivity index is 2.00. The van der Waals surface area contributed by atoms with Gasteiger partial charge < -0.3 is 19.5 Å². The number of esters is 1. The second-order valence-electron chi connectivity index (χ2n) is 6.09. The van der Waals surface area contributed by atoms with E-state index in [4.69, 9.17) is 25.8 Å². The van der Waals surface area contributed by atoms with Crippen LogP contribution in [0.2, 0.25) is 5.02 Å². The molecule has 0 bridgehead atoms. The zero-order valence-corrected chi connectivity index (χ0v) is 16.9. The molecular weight excluding hydrogens is 382 g/mol. The van der Waals surface area contributed by atoms with Crippen LogP contribution in [0.5, 0.6) is 11.5 Å². The van der Waals surface area contributed by atoms with Crippen LogP contribution in [-0.2, 0) is 9.53 Å². The summed E-state index contributed by atoms with van der Waals surface area (Å²) in [6.07, 6.45) is 1.69. The van der Waals surface area contributed by atoms with Gasteiger partial charge in [-0.15, -0.1) is 0 Å². The van der Waals surface area contributed by atoms with Crippen molar-refractivity contribution in [3.63, 3.8) is 0 Å². The smallest absolute Gasteiger partial charge is 0.338 e. The molecule has 0 radical (unpaired) electrons. The quantitative estimate of drug-likeness (QED) is 0.634. The Morgan fingerprint density at radius 2 is 1.82 bits per heavy atom. The van der Waals surface area contributed by atoms with E-state index in [9.17, 15) is 9.59 Å². The maximum absolute atomic E-state index is 12.3. The molecule has 0 aliphatic heterocycles. The number of amides is 1. The van der Waals surface area contributed by atoms with Crippen LogP contribution < -0.4 is 14.8 Å². The molecule has 0 saturated carbocycles. The van der Waals surface area contributed by atoms with Crippen LogP contribution >= 0.6 is 11.6 Å². The molecule has 2 aromatic carbocycles. The number of rotatable bonds is 9. The van der Waals surface area contributed by atoms with E-state index in [0.29, 0.717) is 11.5 Å². The van der Waals surface area contributed by atoms with Gasteiger partial charge in [0, 0.05) is 0 Å². The lowest BCUT2D eigenvalue weighted by atomic mass is 10.0. The molecule has 0 fully saturated rings. The van der Waals surface area contributed by atoms with Gasteiger partial charge in [0.25, 0.3) is 5.91 Å². The third-order valence-electron chi connectivity index (χ3n) is 4.12. The minimum absolute atomic E-state index is 0.132. The number of ether oxygens (including phenoxy) is 3. The van der Waals surface area contributed by atoms with Crippen LogP contribution in [-0.4, -0.2) is 32.7 Å². The minimum atomic E-state index is -0.676. The maximum atomic E-state index is 12.3. The third kappa shape index (κ3) is 5.63. The SMILES string of the molecule is CCCC(NC(=O)COC(=O)c1cc(Cl)c(OC)c(OC)c1)c1ccccc1. The van der Waals surface area contributed by atoms with E-state index >= 15 is 0 Å². The van der Waals surface area contributed by atoms with Gasteiger partial charge in [-0.3, -0.25) is 4.79 Å². The average Bonchev–Trinajstić information content (AvgIpc) is 2.71. The highest BCUT2D eigenvalue weighted by atomic mass is 35.5. The standard InChI is InChI=1S/C21H24ClNO5/c1-4-8-17(14-9-6-5-7-10-14)23-19(24)13-28-21(25)15-11-16(22)20(27-3)18(12-15)26-2/h5-7,9-12,17H,4,8,13H2,1-3H3,(H,23,24). The summed E-state index contributed by atoms with van der Waals surface area (Å²) in [4.78, 5) is 24.6. The molecule has 28 heavy (non-hydrogen) atoms. The summed E-state index contributed by atoms with van der Waals surface area (Å²) in [5.74, 6) is -0.422. The van der Waals surface area contributed by atoms with Gasteiger partial charge in [-0.1, -0.05) is 55.3 Å². The van der Waals surface area contributed by atoms with Crippen LogP contribution in [0, 0.1) is 0 Å². The Morgan fingerprint density at radius 3 is 2.43 bits per heavy atom. The van der Waals surface area contributed by atoms with Crippen LogP contribution in [0.25, 0.3) is 0 Å². The zero-order valence-electron chi connectivity index (χ0n) is 16.2. The van der Waals surface area contributed by atoms with Crippen molar-refractivity contribution in [3.8, 4) is 11.5 Å². The lowest BCUT2D eigenvalue weighted by Gasteiger charge is -2.18. The van der Waals surface area contributed by atoms with Gasteiger partial charge >= 0.3 is 5.97 Å². The number of hydrogen-bond donors (Lipinski definition) is 1. The molecule has 0 aliphatic carbocycles. The van der Waals surface area contributed by atoms with E-state index < -0.39 is 12.6 Å². The molecule has 0 aromatic heterocycles. The second-order valence-corrected chi connectivity index (χ2v) is 6.50. The molecule has 2 aromatic rings. The zero-order chi connectivity index (χ0) is 20.5. The first-order chi connectivity index (χ1) is 13.5. The van der Waals surface area contributed by atoms with Gasteiger partial charge in [-0.2, -0.15) is 0 Å². The van der Waals surface area contributed by atoms with Crippen molar-refractivity contribution in [2.45, 2.75) is 25.8 Å². The van der Waals surface area contributed by atoms with E-state index in [-0.39, 0.29) is 22.5 Å². The molecule has 0 aliphatic rings. The van der Waals surface area contributed by atoms with Crippen LogP contribution in [0.15, 0.2) is 42.5 Å². The molecule has 1 atom stereocenters. The first-order valence-corrected chi connectivity index (χ1v) is 9.30. The Bertz CT molecular complexity index is 810. The van der Waals surface area contributed by atoms with E-state index in [1.54, 1.807) is 0 Å². The summed E-state index contributed by atoms with van der Waals surface area (Å²) in [6, 6.07) is 12.4. The lowest BCUT2D eigenvalue weighted by molar-refractivity contribution is -0.125. The second kappa shape index (κ2) is 10.6. The first kappa shape index (κ1) is 21.6. The highest BCUT2D eigenvalue weighted by Gasteiger charge is 2.18. The highest BCUT2D eigenvalue weighted by molar-refractivity contribution is 6.32. The number of carbonyl (C=O) groups is 2. The fourth-order valence-corrected chi connectivity index (χ4v) is 3.07. The predicted molar refractivity (Wildman–Crippen MR) is 107 cm³/mol. The number of carbonyl (C=O) groups excluding carboxylic acids is 2. The number of hydrogen-bond acceptors (Lipinski definition) is 5. The molecule has 7 heteroatoms. The largest absolute Gasteiger partial charge is 0.493 e. The van der Waals surface area contributed by atoms with Gasteiger partial charge in [-0.05, 0) is 24.1 Å². The molecule has 1 unspecified atom stereocenters. The van der Waals surface area contributed by atoms with E-state index in [1.165, 1.54) is 26.4 Å². The monoisotopic (exact) mass is 405 g/mol. The molecule has 0 spiro atoms. The average molecular weight is 406 g/mol. The summed E-state index contributed by atoms with van der Waals surface area (Å²) in [6.45, 7) is 1.65. The van der Waals surface area contributed by atoms with Gasteiger partial charge in [0.1, 0.15) is 0 Å². The summed E-state index contributed by atoms with van der Waals surface area (Å²) in [5, 5.41) is 3.12. The van der Waals surface area contributed by atoms with Crippen molar-refractivity contribution < 1.29 is 23.8 Å². The van der Waals surface area contributed by atoms with E-state index in [1.807, 2.05) is 37.3 Å². The van der Waals surface area contributed by atoms with Crippen molar-refractivity contribution in [3.05, 3.63) is 58.6 Å². The Morgan fingerprint density at radius 1 is 1.11 bits per heavy atom. The topological polar surface area (TPSA) is 73.9 Å². The minimum Gasteiger partial charge on any atom is -0.493 e. The van der Waals surface area contributed by atoms with Gasteiger partial charge in [0.15, 0.2) is 18.1 Å². The molecule has 1 amide bonds. The van der Waals surface area contributed by atoms with Crippen molar-refractivity contribution >= 4 is 23.5 Å². The Labute approximate surface area is 169 Å². The fourth-order valence-electron chi connectivity index (χ4n) is 2.78. The Hall–Kier alpha value is -2.73. The van der Waals surface area contributed by atoms with Crippen molar-refractivity contribution in [1.82, 2.24) is 5.32 Å². The predicted octanol–water partition coefficient (Wildman–Crippen LogP) is 4.17. The summed E-state index contributed by atoms with van der Waals surface area (Å²) in [7, 11) is 2.89. The molecule has 2 rings (SSSR count).